The second-order valence-electron chi connectivity index (χ2n) is 4.52. The molecule has 0 aliphatic rings. The molecule has 0 fully saturated rings. The predicted molar refractivity (Wildman–Crippen MR) is 75.5 cm³/mol. The van der Waals surface area contributed by atoms with Gasteiger partial charge in [-0.1, -0.05) is 29.8 Å². The smallest absolute Gasteiger partial charge is 0.129 e. The van der Waals surface area contributed by atoms with Gasteiger partial charge >= 0.3 is 0 Å². The van der Waals surface area contributed by atoms with Crippen molar-refractivity contribution in [2.24, 2.45) is 0 Å². The Morgan fingerprint density at radius 3 is 2.63 bits per heavy atom. The van der Waals surface area contributed by atoms with E-state index in [1.165, 1.54) is 0 Å². The Labute approximate surface area is 117 Å². The number of para-hydroxylation sites is 1. The van der Waals surface area contributed by atoms with Crippen molar-refractivity contribution in [1.82, 2.24) is 4.98 Å². The predicted octanol–water partition coefficient (Wildman–Crippen LogP) is 3.60. The van der Waals surface area contributed by atoms with Crippen LogP contribution in [0.1, 0.15) is 31.1 Å². The highest BCUT2D eigenvalue weighted by atomic mass is 35.5. The van der Waals surface area contributed by atoms with Gasteiger partial charge in [-0.05, 0) is 37.6 Å². The summed E-state index contributed by atoms with van der Waals surface area (Å²) < 4.78 is 5.71. The molecule has 1 heterocycles. The van der Waals surface area contributed by atoms with Crippen molar-refractivity contribution < 1.29 is 9.84 Å². The summed E-state index contributed by atoms with van der Waals surface area (Å²) in [5, 5.41) is 10.8. The second-order valence-corrected chi connectivity index (χ2v) is 4.91. The Morgan fingerprint density at radius 2 is 1.95 bits per heavy atom. The SMILES string of the molecule is CC(C)Oc1ccccc1C(O)c1ccnc(Cl)c1. The third-order valence-electron chi connectivity index (χ3n) is 2.64. The molecule has 3 nitrogen and oxygen atoms in total. The number of hydrogen-bond acceptors (Lipinski definition) is 3. The monoisotopic (exact) mass is 277 g/mol. The standard InChI is InChI=1S/C15H16ClNO2/c1-10(2)19-13-6-4-3-5-12(13)15(18)11-7-8-17-14(16)9-11/h3-10,15,18H,1-2H3. The van der Waals surface area contributed by atoms with Gasteiger partial charge in [-0.25, -0.2) is 4.98 Å². The van der Waals surface area contributed by atoms with Gasteiger partial charge in [0.2, 0.25) is 0 Å². The van der Waals surface area contributed by atoms with Crippen molar-refractivity contribution in [3.8, 4) is 5.75 Å². The lowest BCUT2D eigenvalue weighted by Gasteiger charge is -2.18. The molecule has 1 unspecified atom stereocenters. The Kier molecular flexibility index (Phi) is 4.40. The van der Waals surface area contributed by atoms with E-state index < -0.39 is 6.10 Å². The minimum atomic E-state index is -0.782. The Balaban J connectivity index is 2.35. The molecule has 1 aromatic carbocycles. The first-order valence-corrected chi connectivity index (χ1v) is 6.51. The first-order valence-electron chi connectivity index (χ1n) is 6.13. The highest BCUT2D eigenvalue weighted by Gasteiger charge is 2.16. The van der Waals surface area contributed by atoms with Gasteiger partial charge in [0.05, 0.1) is 6.10 Å². The largest absolute Gasteiger partial charge is 0.491 e. The summed E-state index contributed by atoms with van der Waals surface area (Å²) in [6.45, 7) is 3.90. The topological polar surface area (TPSA) is 42.4 Å². The van der Waals surface area contributed by atoms with Crippen LogP contribution in [0, 0.1) is 0 Å². The molecule has 1 atom stereocenters. The first-order chi connectivity index (χ1) is 9.08. The molecule has 1 N–H and O–H groups in total. The minimum absolute atomic E-state index is 0.0503. The van der Waals surface area contributed by atoms with Crippen LogP contribution < -0.4 is 4.74 Å². The number of aliphatic hydroxyl groups is 1. The van der Waals surface area contributed by atoms with Crippen LogP contribution in [0.5, 0.6) is 5.75 Å². The normalized spacial score (nSPS) is 12.5. The van der Waals surface area contributed by atoms with Crippen molar-refractivity contribution >= 4 is 11.6 Å². The minimum Gasteiger partial charge on any atom is -0.491 e. The number of benzene rings is 1. The number of nitrogens with zero attached hydrogens (tertiary/aromatic N) is 1. The molecule has 0 aliphatic heterocycles. The second kappa shape index (κ2) is 6.04. The van der Waals surface area contributed by atoms with E-state index in [0.29, 0.717) is 16.5 Å². The molecule has 0 spiro atoms. The van der Waals surface area contributed by atoms with Crippen molar-refractivity contribution in [3.63, 3.8) is 0 Å². The first kappa shape index (κ1) is 13.8. The molecular formula is C15H16ClNO2. The van der Waals surface area contributed by atoms with E-state index in [0.717, 1.165) is 5.56 Å². The zero-order valence-electron chi connectivity index (χ0n) is 10.9. The molecule has 0 saturated heterocycles. The lowest BCUT2D eigenvalue weighted by molar-refractivity contribution is 0.198. The molecule has 1 aromatic heterocycles. The fourth-order valence-electron chi connectivity index (χ4n) is 1.83. The van der Waals surface area contributed by atoms with Crippen LogP contribution in [-0.2, 0) is 0 Å². The number of rotatable bonds is 4. The van der Waals surface area contributed by atoms with Crippen molar-refractivity contribution in [1.29, 1.82) is 0 Å². The number of hydrogen-bond donors (Lipinski definition) is 1. The van der Waals surface area contributed by atoms with Gasteiger partial charge in [0.15, 0.2) is 0 Å². The molecule has 4 heteroatoms. The number of aromatic nitrogens is 1. The molecule has 2 rings (SSSR count). The molecule has 0 amide bonds. The van der Waals surface area contributed by atoms with Gasteiger partial charge in [-0.2, -0.15) is 0 Å². The number of aliphatic hydroxyl groups excluding tert-OH is 1. The summed E-state index contributed by atoms with van der Waals surface area (Å²) in [5.41, 5.74) is 1.42. The van der Waals surface area contributed by atoms with E-state index in [9.17, 15) is 5.11 Å². The molecule has 0 aliphatic carbocycles. The van der Waals surface area contributed by atoms with Gasteiger partial charge in [0, 0.05) is 11.8 Å². The maximum atomic E-state index is 10.4. The summed E-state index contributed by atoms with van der Waals surface area (Å²) >= 11 is 5.85. The zero-order valence-corrected chi connectivity index (χ0v) is 11.6. The number of halogens is 1. The van der Waals surface area contributed by atoms with Crippen LogP contribution in [0.4, 0.5) is 0 Å². The molecule has 0 saturated carbocycles. The van der Waals surface area contributed by atoms with Crippen LogP contribution in [0.2, 0.25) is 5.15 Å². The van der Waals surface area contributed by atoms with Gasteiger partial charge in [-0.3, -0.25) is 0 Å². The third kappa shape index (κ3) is 3.46. The van der Waals surface area contributed by atoms with Gasteiger partial charge in [-0.15, -0.1) is 0 Å². The maximum Gasteiger partial charge on any atom is 0.129 e. The number of pyridine rings is 1. The molecule has 2 aromatic rings. The van der Waals surface area contributed by atoms with Crippen LogP contribution >= 0.6 is 11.6 Å². The zero-order chi connectivity index (χ0) is 13.8. The van der Waals surface area contributed by atoms with Crippen molar-refractivity contribution in [3.05, 3.63) is 58.9 Å². The average Bonchev–Trinajstić information content (AvgIpc) is 2.38. The summed E-state index contributed by atoms with van der Waals surface area (Å²) in [6.07, 6.45) is 0.845. The van der Waals surface area contributed by atoms with E-state index >= 15 is 0 Å². The molecule has 100 valence electrons. The van der Waals surface area contributed by atoms with E-state index in [1.54, 1.807) is 18.3 Å². The molecular weight excluding hydrogens is 262 g/mol. The summed E-state index contributed by atoms with van der Waals surface area (Å²) in [7, 11) is 0. The van der Waals surface area contributed by atoms with Crippen LogP contribution in [-0.4, -0.2) is 16.2 Å². The highest BCUT2D eigenvalue weighted by molar-refractivity contribution is 6.29. The Bertz CT molecular complexity index is 557. The molecule has 19 heavy (non-hydrogen) atoms. The highest BCUT2D eigenvalue weighted by Crippen LogP contribution is 2.30. The fourth-order valence-corrected chi connectivity index (χ4v) is 2.02. The maximum absolute atomic E-state index is 10.4. The van der Waals surface area contributed by atoms with E-state index in [4.69, 9.17) is 16.3 Å². The quantitative estimate of drug-likeness (QED) is 0.868. The van der Waals surface area contributed by atoms with E-state index in [2.05, 4.69) is 4.98 Å². The van der Waals surface area contributed by atoms with Crippen molar-refractivity contribution in [2.45, 2.75) is 26.1 Å². The fraction of sp³-hybridized carbons (Fsp3) is 0.267. The van der Waals surface area contributed by atoms with E-state index in [-0.39, 0.29) is 6.10 Å². The number of ether oxygens (including phenoxy) is 1. The summed E-state index contributed by atoms with van der Waals surface area (Å²) in [5.74, 6) is 0.679. The van der Waals surface area contributed by atoms with Gasteiger partial charge in [0.1, 0.15) is 17.0 Å². The molecule has 0 bridgehead atoms. The lowest BCUT2D eigenvalue weighted by atomic mass is 10.0. The summed E-state index contributed by atoms with van der Waals surface area (Å²) in [4.78, 5) is 3.91. The lowest BCUT2D eigenvalue weighted by Crippen LogP contribution is -2.10. The van der Waals surface area contributed by atoms with Crippen LogP contribution in [0.3, 0.4) is 0 Å². The summed E-state index contributed by atoms with van der Waals surface area (Å²) in [6, 6.07) is 10.8. The van der Waals surface area contributed by atoms with Crippen LogP contribution in [0.25, 0.3) is 0 Å². The average molecular weight is 278 g/mol. The van der Waals surface area contributed by atoms with E-state index in [1.807, 2.05) is 38.1 Å². The molecule has 0 radical (unpaired) electrons. The van der Waals surface area contributed by atoms with Gasteiger partial charge < -0.3 is 9.84 Å². The van der Waals surface area contributed by atoms with Gasteiger partial charge in [0.25, 0.3) is 0 Å². The Morgan fingerprint density at radius 1 is 1.21 bits per heavy atom. The Hall–Kier alpha value is -1.58. The van der Waals surface area contributed by atoms with Crippen molar-refractivity contribution in [2.75, 3.05) is 0 Å². The third-order valence-corrected chi connectivity index (χ3v) is 2.85. The van der Waals surface area contributed by atoms with Crippen LogP contribution in [0.15, 0.2) is 42.6 Å².